The lowest BCUT2D eigenvalue weighted by Gasteiger charge is -2.21. The Morgan fingerprint density at radius 1 is 1.18 bits per heavy atom. The van der Waals surface area contributed by atoms with Crippen LogP contribution in [0.4, 0.5) is 0 Å². The number of esters is 1. The molecule has 0 aromatic heterocycles. The van der Waals surface area contributed by atoms with E-state index in [-0.39, 0.29) is 17.4 Å². The van der Waals surface area contributed by atoms with E-state index in [1.165, 1.54) is 16.8 Å². The van der Waals surface area contributed by atoms with Crippen molar-refractivity contribution >= 4 is 38.0 Å². The van der Waals surface area contributed by atoms with E-state index < -0.39 is 21.6 Å². The molecule has 1 aliphatic carbocycles. The van der Waals surface area contributed by atoms with Gasteiger partial charge in [0.25, 0.3) is 0 Å². The molecular formula is C26H28BrNO4S. The molecule has 1 aliphatic rings. The predicted octanol–water partition coefficient (Wildman–Crippen LogP) is 5.20. The van der Waals surface area contributed by atoms with Crippen molar-refractivity contribution < 1.29 is 17.9 Å². The highest BCUT2D eigenvalue weighted by Crippen LogP contribution is 2.40. The molecule has 174 valence electrons. The van der Waals surface area contributed by atoms with Crippen LogP contribution in [0.5, 0.6) is 0 Å². The number of hydrogen-bond donors (Lipinski definition) is 0. The number of carbonyl (C=O) groups excluding carboxylic acids is 1. The predicted molar refractivity (Wildman–Crippen MR) is 134 cm³/mol. The first-order valence-electron chi connectivity index (χ1n) is 10.7. The highest BCUT2D eigenvalue weighted by atomic mass is 79.9. The smallest absolute Gasteiger partial charge is 0.304 e. The van der Waals surface area contributed by atoms with Crippen LogP contribution in [0, 0.1) is 24.7 Å². The fraction of sp³-hybridized carbons (Fsp3) is 0.346. The molecule has 1 saturated carbocycles. The molecule has 3 rings (SSSR count). The fourth-order valence-corrected chi connectivity index (χ4v) is 5.09. The average molecular weight is 530 g/mol. The number of halogens is 1. The molecule has 0 saturated heterocycles. The molecule has 0 heterocycles. The molecule has 0 aliphatic heterocycles. The van der Waals surface area contributed by atoms with Crippen molar-refractivity contribution in [2.75, 3.05) is 13.1 Å². The van der Waals surface area contributed by atoms with Crippen LogP contribution in [0.15, 0.2) is 63.5 Å². The van der Waals surface area contributed by atoms with Gasteiger partial charge in [-0.1, -0.05) is 69.2 Å². The Kier molecular flexibility index (Phi) is 7.84. The highest BCUT2D eigenvalue weighted by Gasteiger charge is 2.35. The molecule has 33 heavy (non-hydrogen) atoms. The van der Waals surface area contributed by atoms with Gasteiger partial charge in [-0.3, -0.25) is 4.79 Å². The molecule has 0 spiro atoms. The number of aryl methyl sites for hydroxylation is 1. The van der Waals surface area contributed by atoms with Crippen LogP contribution >= 0.6 is 15.9 Å². The van der Waals surface area contributed by atoms with Gasteiger partial charge in [0.05, 0.1) is 11.4 Å². The first-order valence-corrected chi connectivity index (χ1v) is 12.9. The lowest BCUT2D eigenvalue weighted by Crippen LogP contribution is -2.34. The quantitative estimate of drug-likeness (QED) is 0.365. The van der Waals surface area contributed by atoms with Gasteiger partial charge in [-0.15, -0.1) is 0 Å². The number of nitrogens with zero attached hydrogens (tertiary/aromatic N) is 1. The molecule has 1 fully saturated rings. The Balaban J connectivity index is 1.81. The van der Waals surface area contributed by atoms with Crippen LogP contribution in [0.1, 0.15) is 38.3 Å². The summed E-state index contributed by atoms with van der Waals surface area (Å²) >= 11 is 3.44. The Bertz CT molecular complexity index is 1200. The second kappa shape index (κ2) is 10.3. The van der Waals surface area contributed by atoms with Crippen molar-refractivity contribution in [2.45, 2.75) is 44.6 Å². The van der Waals surface area contributed by atoms with E-state index in [1.807, 2.05) is 31.2 Å². The van der Waals surface area contributed by atoms with Crippen LogP contribution in [0.3, 0.4) is 0 Å². The molecule has 7 heteroatoms. The van der Waals surface area contributed by atoms with Gasteiger partial charge in [-0.25, -0.2) is 8.42 Å². The molecule has 0 bridgehead atoms. The molecule has 2 aromatic rings. The topological polar surface area (TPSA) is 63.7 Å². The van der Waals surface area contributed by atoms with Crippen molar-refractivity contribution in [3.8, 4) is 11.8 Å². The van der Waals surface area contributed by atoms with E-state index >= 15 is 0 Å². The number of rotatable bonds is 7. The number of hydrogen-bond acceptors (Lipinski definition) is 4. The number of carbonyl (C=O) groups is 1. The maximum atomic E-state index is 13.4. The van der Waals surface area contributed by atoms with Crippen LogP contribution in [-0.2, 0) is 19.6 Å². The van der Waals surface area contributed by atoms with Crippen LogP contribution in [0.2, 0.25) is 0 Å². The number of benzene rings is 2. The Morgan fingerprint density at radius 3 is 2.42 bits per heavy atom. The molecule has 5 nitrogen and oxygen atoms in total. The van der Waals surface area contributed by atoms with Gasteiger partial charge < -0.3 is 4.74 Å². The first kappa shape index (κ1) is 25.2. The lowest BCUT2D eigenvalue weighted by atomic mass is 10.1. The largest absolute Gasteiger partial charge is 0.447 e. The third-order valence-electron chi connectivity index (χ3n) is 5.19. The molecule has 2 aromatic carbocycles. The standard InChI is InChI=1S/C26H28BrNO4S/c1-19-6-12-25(13-7-19)33(30,31)28(15-5-14-26(3,4)32-20(2)29)18-23-17-22(23)16-21-8-10-24(27)11-9-21/h6-13,16,23H,15,17-18H2,1-4H3/b22-16+. The van der Waals surface area contributed by atoms with E-state index in [0.29, 0.717) is 6.54 Å². The third-order valence-corrected chi connectivity index (χ3v) is 7.55. The molecule has 0 radical (unpaired) electrons. The molecule has 0 N–H and O–H groups in total. The minimum atomic E-state index is -3.73. The summed E-state index contributed by atoms with van der Waals surface area (Å²) in [5.41, 5.74) is 2.31. The van der Waals surface area contributed by atoms with Gasteiger partial charge >= 0.3 is 5.97 Å². The molecular weight excluding hydrogens is 502 g/mol. The fourth-order valence-electron chi connectivity index (χ4n) is 3.44. The summed E-state index contributed by atoms with van der Waals surface area (Å²) in [6.45, 7) is 6.97. The zero-order valence-corrected chi connectivity index (χ0v) is 21.7. The summed E-state index contributed by atoms with van der Waals surface area (Å²) in [6.07, 6.45) is 2.96. The first-order chi connectivity index (χ1) is 15.5. The van der Waals surface area contributed by atoms with Crippen molar-refractivity contribution in [2.24, 2.45) is 5.92 Å². The maximum absolute atomic E-state index is 13.4. The Morgan fingerprint density at radius 2 is 1.82 bits per heavy atom. The van der Waals surface area contributed by atoms with E-state index in [0.717, 1.165) is 22.0 Å². The molecule has 0 amide bonds. The minimum Gasteiger partial charge on any atom is -0.447 e. The van der Waals surface area contributed by atoms with Gasteiger partial charge in [0.1, 0.15) is 0 Å². The minimum absolute atomic E-state index is 0.0168. The second-order valence-corrected chi connectivity index (χ2v) is 11.5. The second-order valence-electron chi connectivity index (χ2n) is 8.69. The van der Waals surface area contributed by atoms with E-state index in [2.05, 4.69) is 33.8 Å². The summed E-state index contributed by atoms with van der Waals surface area (Å²) in [4.78, 5) is 11.5. The SMILES string of the molecule is CC(=O)OC(C)(C)C#CCN(CC1C/C1=C\c1ccc(Br)cc1)S(=O)(=O)c1ccc(C)cc1. The molecule has 1 unspecified atom stereocenters. The summed E-state index contributed by atoms with van der Waals surface area (Å²) < 4.78 is 34.4. The van der Waals surface area contributed by atoms with Crippen LogP contribution in [-0.4, -0.2) is 37.4 Å². The van der Waals surface area contributed by atoms with Gasteiger partial charge in [-0.05, 0) is 62.9 Å². The zero-order chi connectivity index (χ0) is 24.2. The van der Waals surface area contributed by atoms with Crippen molar-refractivity contribution in [1.82, 2.24) is 4.31 Å². The van der Waals surface area contributed by atoms with Crippen molar-refractivity contribution in [3.63, 3.8) is 0 Å². The zero-order valence-electron chi connectivity index (χ0n) is 19.3. The van der Waals surface area contributed by atoms with Crippen LogP contribution < -0.4 is 0 Å². The summed E-state index contributed by atoms with van der Waals surface area (Å²) in [7, 11) is -3.73. The van der Waals surface area contributed by atoms with E-state index in [1.54, 1.807) is 38.1 Å². The van der Waals surface area contributed by atoms with Gasteiger partial charge in [-0.2, -0.15) is 4.31 Å². The number of ether oxygens (including phenoxy) is 1. The van der Waals surface area contributed by atoms with Gasteiger partial charge in [0.15, 0.2) is 5.60 Å². The summed E-state index contributed by atoms with van der Waals surface area (Å²) in [6, 6.07) is 14.8. The normalized spacial score (nSPS) is 16.9. The average Bonchev–Trinajstić information content (AvgIpc) is 3.45. The number of sulfonamides is 1. The Hall–Kier alpha value is -2.40. The van der Waals surface area contributed by atoms with Gasteiger partial charge in [0.2, 0.25) is 10.0 Å². The lowest BCUT2D eigenvalue weighted by molar-refractivity contribution is -0.148. The summed E-state index contributed by atoms with van der Waals surface area (Å²) in [5, 5.41) is 0. The maximum Gasteiger partial charge on any atom is 0.304 e. The van der Waals surface area contributed by atoms with Crippen molar-refractivity contribution in [1.29, 1.82) is 0 Å². The third kappa shape index (κ3) is 7.29. The monoisotopic (exact) mass is 529 g/mol. The molecule has 1 atom stereocenters. The Labute approximate surface area is 205 Å². The van der Waals surface area contributed by atoms with Crippen molar-refractivity contribution in [3.05, 3.63) is 69.7 Å². The van der Waals surface area contributed by atoms with E-state index in [9.17, 15) is 13.2 Å². The van der Waals surface area contributed by atoms with E-state index in [4.69, 9.17) is 4.74 Å². The van der Waals surface area contributed by atoms with Crippen LogP contribution in [0.25, 0.3) is 6.08 Å². The highest BCUT2D eigenvalue weighted by molar-refractivity contribution is 9.10. The van der Waals surface area contributed by atoms with Gasteiger partial charge in [0, 0.05) is 17.9 Å². The summed E-state index contributed by atoms with van der Waals surface area (Å²) in [5.74, 6) is 5.52.